The summed E-state index contributed by atoms with van der Waals surface area (Å²) >= 11 is 6.15. The van der Waals surface area contributed by atoms with Gasteiger partial charge in [0.2, 0.25) is 0 Å². The predicted molar refractivity (Wildman–Crippen MR) is 91.4 cm³/mol. The van der Waals surface area contributed by atoms with Gasteiger partial charge in [0.15, 0.2) is 11.5 Å². The molecule has 0 radical (unpaired) electrons. The fraction of sp³-hybridized carbons (Fsp3) is 0.235. The van der Waals surface area contributed by atoms with E-state index < -0.39 is 17.7 Å². The smallest absolute Gasteiger partial charge is 0.319 e. The summed E-state index contributed by atoms with van der Waals surface area (Å²) in [5.41, 5.74) is 0.543. The highest BCUT2D eigenvalue weighted by Gasteiger charge is 2.13. The fourth-order valence-electron chi connectivity index (χ4n) is 2.10. The average molecular weight is 371 g/mol. The summed E-state index contributed by atoms with van der Waals surface area (Å²) in [6.45, 7) is 2.38. The third-order valence-corrected chi connectivity index (χ3v) is 3.49. The number of hydrogen-bond acceptors (Lipinski definition) is 3. The number of methoxy groups -OCH3 is 1. The summed E-state index contributed by atoms with van der Waals surface area (Å²) in [6.07, 6.45) is 0. The van der Waals surface area contributed by atoms with Crippen LogP contribution in [0.2, 0.25) is 5.02 Å². The standard InChI is InChI=1S/C17H17ClF2N2O3/c1-3-25-16-12(18)6-10(7-15(16)24-2)9-21-17(23)22-14-5-4-11(19)8-13(14)20/h4-8H,3,9H2,1-2H3,(H2,21,22,23). The Labute approximate surface area is 148 Å². The third-order valence-electron chi connectivity index (χ3n) is 3.21. The summed E-state index contributed by atoms with van der Waals surface area (Å²) in [5.74, 6) is -0.718. The lowest BCUT2D eigenvalue weighted by atomic mass is 10.2. The second-order valence-corrected chi connectivity index (χ2v) is 5.38. The van der Waals surface area contributed by atoms with Crippen LogP contribution in [-0.4, -0.2) is 19.7 Å². The minimum atomic E-state index is -0.860. The Bertz CT molecular complexity index is 772. The SMILES string of the molecule is CCOc1c(Cl)cc(CNC(=O)Nc2ccc(F)cc2F)cc1OC. The minimum Gasteiger partial charge on any atom is -0.493 e. The maximum Gasteiger partial charge on any atom is 0.319 e. The van der Waals surface area contributed by atoms with Crippen LogP contribution in [0.4, 0.5) is 19.3 Å². The minimum absolute atomic E-state index is 0.122. The fourth-order valence-corrected chi connectivity index (χ4v) is 2.39. The number of nitrogens with one attached hydrogen (secondary N) is 2. The second-order valence-electron chi connectivity index (χ2n) is 4.97. The summed E-state index contributed by atoms with van der Waals surface area (Å²) in [5, 5.41) is 5.21. The maximum atomic E-state index is 13.5. The highest BCUT2D eigenvalue weighted by molar-refractivity contribution is 6.32. The molecular weight excluding hydrogens is 354 g/mol. The summed E-state index contributed by atoms with van der Waals surface area (Å²) in [6, 6.07) is 5.54. The first-order valence-electron chi connectivity index (χ1n) is 7.43. The van der Waals surface area contributed by atoms with Gasteiger partial charge in [-0.2, -0.15) is 0 Å². The predicted octanol–water partition coefficient (Wildman–Crippen LogP) is 4.35. The average Bonchev–Trinajstić information content (AvgIpc) is 2.57. The van der Waals surface area contributed by atoms with Crippen molar-refractivity contribution in [3.63, 3.8) is 0 Å². The normalized spacial score (nSPS) is 10.3. The van der Waals surface area contributed by atoms with Gasteiger partial charge in [-0.1, -0.05) is 11.6 Å². The van der Waals surface area contributed by atoms with Gasteiger partial charge in [-0.25, -0.2) is 13.6 Å². The molecule has 5 nitrogen and oxygen atoms in total. The van der Waals surface area contributed by atoms with Crippen LogP contribution in [0, 0.1) is 11.6 Å². The Morgan fingerprint density at radius 1 is 1.24 bits per heavy atom. The Morgan fingerprint density at radius 2 is 2.00 bits per heavy atom. The van der Waals surface area contributed by atoms with Crippen molar-refractivity contribution < 1.29 is 23.0 Å². The molecule has 8 heteroatoms. The first-order valence-corrected chi connectivity index (χ1v) is 7.81. The van der Waals surface area contributed by atoms with E-state index in [1.165, 1.54) is 7.11 Å². The Balaban J connectivity index is 2.03. The number of carbonyl (C=O) groups is 1. The van der Waals surface area contributed by atoms with Crippen LogP contribution in [0.25, 0.3) is 0 Å². The largest absolute Gasteiger partial charge is 0.493 e. The van der Waals surface area contributed by atoms with E-state index in [4.69, 9.17) is 21.1 Å². The molecule has 0 aromatic heterocycles. The maximum absolute atomic E-state index is 13.5. The molecule has 0 aliphatic carbocycles. The summed E-state index contributed by atoms with van der Waals surface area (Å²) in [7, 11) is 1.48. The molecule has 0 heterocycles. The van der Waals surface area contributed by atoms with Gasteiger partial charge in [0, 0.05) is 12.6 Å². The van der Waals surface area contributed by atoms with Crippen molar-refractivity contribution in [1.82, 2.24) is 5.32 Å². The molecule has 2 rings (SSSR count). The molecule has 0 aliphatic heterocycles. The van der Waals surface area contributed by atoms with Crippen LogP contribution in [0.5, 0.6) is 11.5 Å². The van der Waals surface area contributed by atoms with E-state index in [-0.39, 0.29) is 12.2 Å². The molecule has 0 atom stereocenters. The lowest BCUT2D eigenvalue weighted by molar-refractivity contribution is 0.251. The van der Waals surface area contributed by atoms with E-state index >= 15 is 0 Å². The van der Waals surface area contributed by atoms with Gasteiger partial charge in [-0.15, -0.1) is 0 Å². The van der Waals surface area contributed by atoms with E-state index in [9.17, 15) is 13.6 Å². The molecule has 0 spiro atoms. The highest BCUT2D eigenvalue weighted by atomic mass is 35.5. The molecule has 2 amide bonds. The molecular formula is C17H17ClF2N2O3. The topological polar surface area (TPSA) is 59.6 Å². The van der Waals surface area contributed by atoms with Gasteiger partial charge in [0.1, 0.15) is 11.6 Å². The molecule has 2 aromatic carbocycles. The van der Waals surface area contributed by atoms with Gasteiger partial charge in [-0.05, 0) is 36.8 Å². The van der Waals surface area contributed by atoms with Crippen LogP contribution in [0.15, 0.2) is 30.3 Å². The number of hydrogen-bond donors (Lipinski definition) is 2. The number of amides is 2. The van der Waals surface area contributed by atoms with Crippen LogP contribution in [0.3, 0.4) is 0 Å². The highest BCUT2D eigenvalue weighted by Crippen LogP contribution is 2.36. The quantitative estimate of drug-likeness (QED) is 0.794. The van der Waals surface area contributed by atoms with Crippen molar-refractivity contribution in [3.05, 3.63) is 52.6 Å². The zero-order valence-corrected chi connectivity index (χ0v) is 14.4. The van der Waals surface area contributed by atoms with Crippen LogP contribution < -0.4 is 20.1 Å². The summed E-state index contributed by atoms with van der Waals surface area (Å²) in [4.78, 5) is 11.9. The number of benzene rings is 2. The van der Waals surface area contributed by atoms with E-state index in [0.29, 0.717) is 34.8 Å². The van der Waals surface area contributed by atoms with Crippen molar-refractivity contribution >= 4 is 23.3 Å². The first-order chi connectivity index (χ1) is 11.9. The van der Waals surface area contributed by atoms with Gasteiger partial charge < -0.3 is 20.1 Å². The first kappa shape index (κ1) is 18.8. The monoisotopic (exact) mass is 370 g/mol. The van der Waals surface area contributed by atoms with E-state index in [1.807, 2.05) is 6.92 Å². The second kappa shape index (κ2) is 8.53. The van der Waals surface area contributed by atoms with Crippen LogP contribution >= 0.6 is 11.6 Å². The van der Waals surface area contributed by atoms with Gasteiger partial charge >= 0.3 is 6.03 Å². The van der Waals surface area contributed by atoms with E-state index in [0.717, 1.165) is 12.1 Å². The van der Waals surface area contributed by atoms with Crippen LogP contribution in [-0.2, 0) is 6.54 Å². The van der Waals surface area contributed by atoms with Crippen molar-refractivity contribution in [2.75, 3.05) is 19.0 Å². The van der Waals surface area contributed by atoms with Crippen molar-refractivity contribution in [3.8, 4) is 11.5 Å². The van der Waals surface area contributed by atoms with Gasteiger partial charge in [0.25, 0.3) is 0 Å². The molecule has 25 heavy (non-hydrogen) atoms. The van der Waals surface area contributed by atoms with Gasteiger partial charge in [-0.3, -0.25) is 0 Å². The molecule has 0 aliphatic rings. The lowest BCUT2D eigenvalue weighted by Crippen LogP contribution is -2.28. The van der Waals surface area contributed by atoms with Crippen molar-refractivity contribution in [1.29, 1.82) is 0 Å². The molecule has 0 saturated carbocycles. The Morgan fingerprint density at radius 3 is 2.64 bits per heavy atom. The molecule has 134 valence electrons. The number of halogens is 3. The number of anilines is 1. The molecule has 2 N–H and O–H groups in total. The number of ether oxygens (including phenoxy) is 2. The summed E-state index contributed by atoms with van der Waals surface area (Å²) < 4.78 is 37.0. The number of carbonyl (C=O) groups excluding carboxylic acids is 1. The number of urea groups is 1. The van der Waals surface area contributed by atoms with Crippen LogP contribution in [0.1, 0.15) is 12.5 Å². The third kappa shape index (κ3) is 4.96. The molecule has 0 bridgehead atoms. The Kier molecular flexibility index (Phi) is 6.41. The zero-order chi connectivity index (χ0) is 18.4. The Hall–Kier alpha value is -2.54. The molecule has 0 unspecified atom stereocenters. The van der Waals surface area contributed by atoms with Gasteiger partial charge in [0.05, 0.1) is 24.4 Å². The van der Waals surface area contributed by atoms with Crippen molar-refractivity contribution in [2.45, 2.75) is 13.5 Å². The molecule has 0 saturated heterocycles. The molecule has 2 aromatic rings. The van der Waals surface area contributed by atoms with E-state index in [2.05, 4.69) is 10.6 Å². The lowest BCUT2D eigenvalue weighted by Gasteiger charge is -2.14. The zero-order valence-electron chi connectivity index (χ0n) is 13.7. The van der Waals surface area contributed by atoms with Crippen molar-refractivity contribution in [2.24, 2.45) is 0 Å². The number of rotatable bonds is 6. The van der Waals surface area contributed by atoms with E-state index in [1.54, 1.807) is 12.1 Å². The molecule has 0 fully saturated rings.